The van der Waals surface area contributed by atoms with Gasteiger partial charge in [-0.15, -0.1) is 0 Å². The van der Waals surface area contributed by atoms with Crippen LogP contribution < -0.4 is 5.32 Å². The van der Waals surface area contributed by atoms with Gasteiger partial charge in [0.1, 0.15) is 0 Å². The van der Waals surface area contributed by atoms with Gasteiger partial charge in [-0.1, -0.05) is 6.42 Å². The normalized spacial score (nSPS) is 38.6. The molecule has 2 rings (SSSR count). The molecule has 0 aromatic rings. The number of nitrogens with one attached hydrogen (secondary N) is 1. The van der Waals surface area contributed by atoms with Gasteiger partial charge in [-0.05, 0) is 50.9 Å². The Kier molecular flexibility index (Phi) is 3.29. The predicted octanol–water partition coefficient (Wildman–Crippen LogP) is 3.05. The molecule has 0 saturated heterocycles. The summed E-state index contributed by atoms with van der Waals surface area (Å²) < 4.78 is 24.8. The fourth-order valence-electron chi connectivity index (χ4n) is 3.52. The molecule has 0 amide bonds. The van der Waals surface area contributed by atoms with Crippen LogP contribution in [0.15, 0.2) is 0 Å². The molecule has 0 aromatic carbocycles. The van der Waals surface area contributed by atoms with E-state index in [0.29, 0.717) is 5.92 Å². The molecule has 1 N–H and O–H groups in total. The molecule has 2 saturated carbocycles. The van der Waals surface area contributed by atoms with E-state index in [1.54, 1.807) is 6.92 Å². The summed E-state index contributed by atoms with van der Waals surface area (Å²) in [7, 11) is 0. The monoisotopic (exact) mass is 217 g/mol. The van der Waals surface area contributed by atoms with E-state index in [-0.39, 0.29) is 6.04 Å². The summed E-state index contributed by atoms with van der Waals surface area (Å²) in [5.41, 5.74) is 0. The number of hydrogen-bond acceptors (Lipinski definition) is 1. The summed E-state index contributed by atoms with van der Waals surface area (Å²) in [6.45, 7) is 3.65. The second kappa shape index (κ2) is 4.36. The first kappa shape index (κ1) is 11.3. The molecule has 0 radical (unpaired) electrons. The van der Waals surface area contributed by atoms with Gasteiger partial charge in [0.05, 0.1) is 6.04 Å². The van der Waals surface area contributed by atoms with Crippen molar-refractivity contribution >= 4 is 0 Å². The second-order valence-electron chi connectivity index (χ2n) is 5.42. The van der Waals surface area contributed by atoms with Crippen molar-refractivity contribution in [2.24, 2.45) is 17.8 Å². The molecule has 0 aliphatic heterocycles. The average Bonchev–Trinajstić information content (AvgIpc) is 2.78. The van der Waals surface area contributed by atoms with Crippen LogP contribution in [0.2, 0.25) is 0 Å². The van der Waals surface area contributed by atoms with E-state index >= 15 is 0 Å². The van der Waals surface area contributed by atoms with Gasteiger partial charge in [-0.2, -0.15) is 0 Å². The van der Waals surface area contributed by atoms with Crippen molar-refractivity contribution in [2.75, 3.05) is 0 Å². The Labute approximate surface area is 90.6 Å². The Balaban J connectivity index is 1.83. The van der Waals surface area contributed by atoms with Gasteiger partial charge in [-0.25, -0.2) is 8.78 Å². The number of rotatable bonds is 4. The van der Waals surface area contributed by atoms with Crippen LogP contribution in [0.3, 0.4) is 0 Å². The fourth-order valence-corrected chi connectivity index (χ4v) is 3.52. The fraction of sp³-hybridized carbons (Fsp3) is 1.00. The summed E-state index contributed by atoms with van der Waals surface area (Å²) >= 11 is 0. The lowest BCUT2D eigenvalue weighted by atomic mass is 9.84. The Hall–Kier alpha value is -0.180. The molecule has 15 heavy (non-hydrogen) atoms. The molecule has 2 aliphatic rings. The lowest BCUT2D eigenvalue weighted by Gasteiger charge is -2.30. The number of hydrogen-bond donors (Lipinski definition) is 1. The van der Waals surface area contributed by atoms with Gasteiger partial charge >= 0.3 is 0 Å². The first-order valence-electron chi connectivity index (χ1n) is 6.12. The molecule has 2 aliphatic carbocycles. The Morgan fingerprint density at radius 2 is 1.87 bits per heavy atom. The second-order valence-corrected chi connectivity index (χ2v) is 5.42. The van der Waals surface area contributed by atoms with Crippen LogP contribution in [-0.4, -0.2) is 18.5 Å². The lowest BCUT2D eigenvalue weighted by Crippen LogP contribution is -2.44. The largest absolute Gasteiger partial charge is 0.306 e. The van der Waals surface area contributed by atoms with E-state index in [0.717, 1.165) is 11.8 Å². The van der Waals surface area contributed by atoms with Gasteiger partial charge in [0.15, 0.2) is 0 Å². The van der Waals surface area contributed by atoms with Crippen LogP contribution in [0.1, 0.15) is 39.5 Å². The van der Waals surface area contributed by atoms with E-state index in [9.17, 15) is 8.78 Å². The molecule has 1 nitrogen and oxygen atoms in total. The number of halogens is 2. The zero-order valence-corrected chi connectivity index (χ0v) is 9.55. The topological polar surface area (TPSA) is 12.0 Å². The highest BCUT2D eigenvalue weighted by Crippen LogP contribution is 2.49. The summed E-state index contributed by atoms with van der Waals surface area (Å²) in [5.74, 6) is 2.35. The maximum absolute atomic E-state index is 12.4. The zero-order chi connectivity index (χ0) is 11.0. The third-order valence-corrected chi connectivity index (χ3v) is 4.34. The van der Waals surface area contributed by atoms with E-state index in [4.69, 9.17) is 0 Å². The highest BCUT2D eigenvalue weighted by Gasteiger charge is 2.42. The maximum Gasteiger partial charge on any atom is 0.253 e. The van der Waals surface area contributed by atoms with Crippen LogP contribution in [-0.2, 0) is 0 Å². The Morgan fingerprint density at radius 3 is 2.33 bits per heavy atom. The number of fused-ring (bicyclic) bond motifs is 2. The molecule has 5 unspecified atom stereocenters. The average molecular weight is 217 g/mol. The van der Waals surface area contributed by atoms with Crippen molar-refractivity contribution < 1.29 is 8.78 Å². The Bertz CT molecular complexity index is 220. The van der Waals surface area contributed by atoms with E-state index < -0.39 is 12.5 Å². The third-order valence-electron chi connectivity index (χ3n) is 4.34. The molecule has 88 valence electrons. The van der Waals surface area contributed by atoms with Crippen molar-refractivity contribution in [1.82, 2.24) is 5.32 Å². The molecule has 2 bridgehead atoms. The van der Waals surface area contributed by atoms with Crippen LogP contribution in [0.5, 0.6) is 0 Å². The SMILES string of the molecule is CC(NC(C)C1CC2CCC1C2)C(F)F. The van der Waals surface area contributed by atoms with Crippen molar-refractivity contribution in [1.29, 1.82) is 0 Å². The summed E-state index contributed by atoms with van der Waals surface area (Å²) in [5, 5.41) is 3.06. The highest BCUT2D eigenvalue weighted by atomic mass is 19.3. The molecular formula is C12H21F2N. The van der Waals surface area contributed by atoms with Gasteiger partial charge in [0.25, 0.3) is 6.43 Å². The van der Waals surface area contributed by atoms with Gasteiger partial charge in [0, 0.05) is 6.04 Å². The minimum atomic E-state index is -2.24. The third kappa shape index (κ3) is 2.32. The molecule has 0 aromatic heterocycles. The van der Waals surface area contributed by atoms with Crippen LogP contribution in [0.25, 0.3) is 0 Å². The zero-order valence-electron chi connectivity index (χ0n) is 9.55. The maximum atomic E-state index is 12.4. The molecule has 0 heterocycles. The van der Waals surface area contributed by atoms with Crippen molar-refractivity contribution in [3.05, 3.63) is 0 Å². The lowest BCUT2D eigenvalue weighted by molar-refractivity contribution is 0.0917. The summed E-state index contributed by atoms with van der Waals surface area (Å²) in [6, 6.07) is -0.413. The van der Waals surface area contributed by atoms with Gasteiger partial charge in [-0.3, -0.25) is 0 Å². The van der Waals surface area contributed by atoms with Crippen LogP contribution in [0, 0.1) is 17.8 Å². The van der Waals surface area contributed by atoms with Crippen molar-refractivity contribution in [3.63, 3.8) is 0 Å². The van der Waals surface area contributed by atoms with Crippen molar-refractivity contribution in [3.8, 4) is 0 Å². The highest BCUT2D eigenvalue weighted by molar-refractivity contribution is 4.94. The van der Waals surface area contributed by atoms with Crippen LogP contribution in [0.4, 0.5) is 8.78 Å². The van der Waals surface area contributed by atoms with Gasteiger partial charge < -0.3 is 5.32 Å². The quantitative estimate of drug-likeness (QED) is 0.763. The summed E-state index contributed by atoms with van der Waals surface area (Å²) in [6.07, 6.45) is 3.06. The van der Waals surface area contributed by atoms with Crippen LogP contribution >= 0.6 is 0 Å². The van der Waals surface area contributed by atoms with E-state index in [1.807, 2.05) is 0 Å². The molecule has 3 heteroatoms. The van der Waals surface area contributed by atoms with Gasteiger partial charge in [0.2, 0.25) is 0 Å². The minimum absolute atomic E-state index is 0.254. The molecule has 0 spiro atoms. The summed E-state index contributed by atoms with van der Waals surface area (Å²) in [4.78, 5) is 0. The molecule has 5 atom stereocenters. The first-order valence-corrected chi connectivity index (χ1v) is 6.12. The van der Waals surface area contributed by atoms with Crippen molar-refractivity contribution in [2.45, 2.75) is 58.0 Å². The van der Waals surface area contributed by atoms with E-state index in [1.165, 1.54) is 25.7 Å². The predicted molar refractivity (Wildman–Crippen MR) is 57.0 cm³/mol. The smallest absolute Gasteiger partial charge is 0.253 e. The first-order chi connectivity index (χ1) is 7.08. The van der Waals surface area contributed by atoms with E-state index in [2.05, 4.69) is 12.2 Å². The Morgan fingerprint density at radius 1 is 1.13 bits per heavy atom. The standard InChI is InChI=1S/C12H21F2N/c1-7(15-8(2)12(13)14)11-6-9-3-4-10(11)5-9/h7-12,15H,3-6H2,1-2H3. The molecular weight excluding hydrogens is 196 g/mol. The molecule has 2 fully saturated rings. The number of alkyl halides is 2. The minimum Gasteiger partial charge on any atom is -0.306 e.